The van der Waals surface area contributed by atoms with E-state index in [1.807, 2.05) is 0 Å². The van der Waals surface area contributed by atoms with E-state index < -0.39 is 10.0 Å². The third kappa shape index (κ3) is 4.04. The summed E-state index contributed by atoms with van der Waals surface area (Å²) in [6.45, 7) is 5.35. The zero-order valence-electron chi connectivity index (χ0n) is 14.1. The first-order chi connectivity index (χ1) is 12.0. The van der Waals surface area contributed by atoms with Crippen LogP contribution in [0.15, 0.2) is 21.6 Å². The van der Waals surface area contributed by atoms with Crippen molar-refractivity contribution in [2.45, 2.75) is 5.09 Å². The number of sulfonamides is 1. The van der Waals surface area contributed by atoms with Crippen molar-refractivity contribution >= 4 is 15.9 Å². The molecule has 0 saturated carbocycles. The SMILES string of the molecule is NCCN1CCN(C(=O)c2ccc(S(=O)(=O)N3CCOCC3)o2)CC1. The molecule has 9 nitrogen and oxygen atoms in total. The summed E-state index contributed by atoms with van der Waals surface area (Å²) < 4.78 is 37.0. The molecule has 2 aliphatic rings. The lowest BCUT2D eigenvalue weighted by molar-refractivity contribution is 0.0602. The fourth-order valence-electron chi connectivity index (χ4n) is 3.00. The lowest BCUT2D eigenvalue weighted by atomic mass is 10.3. The smallest absolute Gasteiger partial charge is 0.289 e. The molecule has 0 bridgehead atoms. The van der Waals surface area contributed by atoms with Gasteiger partial charge in [0.15, 0.2) is 5.76 Å². The van der Waals surface area contributed by atoms with E-state index in [-0.39, 0.29) is 29.8 Å². The molecule has 0 aliphatic carbocycles. The Morgan fingerprint density at radius 1 is 1.08 bits per heavy atom. The zero-order chi connectivity index (χ0) is 17.9. The predicted octanol–water partition coefficient (Wildman–Crippen LogP) is -0.983. The van der Waals surface area contributed by atoms with Crippen molar-refractivity contribution in [2.75, 3.05) is 65.6 Å². The van der Waals surface area contributed by atoms with Gasteiger partial charge in [-0.05, 0) is 12.1 Å². The monoisotopic (exact) mass is 372 g/mol. The highest BCUT2D eigenvalue weighted by Crippen LogP contribution is 2.21. The lowest BCUT2D eigenvalue weighted by Gasteiger charge is -2.34. The van der Waals surface area contributed by atoms with Crippen LogP contribution < -0.4 is 5.73 Å². The predicted molar refractivity (Wildman–Crippen MR) is 89.7 cm³/mol. The van der Waals surface area contributed by atoms with Crippen molar-refractivity contribution in [3.8, 4) is 0 Å². The standard InChI is InChI=1S/C15H24N4O5S/c16-3-4-17-5-7-18(8-6-17)15(20)13-1-2-14(24-13)25(21,22)19-9-11-23-12-10-19/h1-2H,3-12,16H2. The van der Waals surface area contributed by atoms with Gasteiger partial charge in [0.25, 0.3) is 15.9 Å². The molecule has 2 saturated heterocycles. The molecule has 1 aromatic rings. The summed E-state index contributed by atoms with van der Waals surface area (Å²) in [5.74, 6) is -0.227. The van der Waals surface area contributed by atoms with Crippen molar-refractivity contribution < 1.29 is 22.4 Å². The second kappa shape index (κ2) is 7.83. The van der Waals surface area contributed by atoms with E-state index in [0.717, 1.165) is 19.6 Å². The van der Waals surface area contributed by atoms with Crippen molar-refractivity contribution in [3.05, 3.63) is 17.9 Å². The van der Waals surface area contributed by atoms with Crippen LogP contribution in [0.5, 0.6) is 0 Å². The normalized spacial score (nSPS) is 20.8. The summed E-state index contributed by atoms with van der Waals surface area (Å²) in [4.78, 5) is 16.4. The maximum atomic E-state index is 12.5. The van der Waals surface area contributed by atoms with Gasteiger partial charge in [0.2, 0.25) is 5.09 Å². The zero-order valence-corrected chi connectivity index (χ0v) is 14.9. The first-order valence-electron chi connectivity index (χ1n) is 8.42. The van der Waals surface area contributed by atoms with E-state index in [1.54, 1.807) is 4.90 Å². The summed E-state index contributed by atoms with van der Waals surface area (Å²) in [6.07, 6.45) is 0. The number of hydrogen-bond donors (Lipinski definition) is 1. The molecule has 0 atom stereocenters. The van der Waals surface area contributed by atoms with E-state index in [9.17, 15) is 13.2 Å². The van der Waals surface area contributed by atoms with Crippen LogP contribution in [0.25, 0.3) is 0 Å². The van der Waals surface area contributed by atoms with Crippen LogP contribution in [0.1, 0.15) is 10.6 Å². The van der Waals surface area contributed by atoms with Gasteiger partial charge in [0, 0.05) is 52.4 Å². The summed E-state index contributed by atoms with van der Waals surface area (Å²) >= 11 is 0. The number of hydrogen-bond acceptors (Lipinski definition) is 7. The number of furan rings is 1. The van der Waals surface area contributed by atoms with Gasteiger partial charge in [-0.25, -0.2) is 8.42 Å². The van der Waals surface area contributed by atoms with Gasteiger partial charge in [-0.3, -0.25) is 9.69 Å². The number of rotatable bonds is 5. The lowest BCUT2D eigenvalue weighted by Crippen LogP contribution is -2.49. The molecule has 10 heteroatoms. The number of nitrogens with two attached hydrogens (primary N) is 1. The van der Waals surface area contributed by atoms with Crippen LogP contribution in [0.3, 0.4) is 0 Å². The van der Waals surface area contributed by atoms with E-state index in [2.05, 4.69) is 4.90 Å². The first kappa shape index (κ1) is 18.3. The van der Waals surface area contributed by atoms with Gasteiger partial charge in [-0.2, -0.15) is 4.31 Å². The minimum absolute atomic E-state index is 0.0547. The molecule has 1 amide bonds. The average molecular weight is 372 g/mol. The molecular formula is C15H24N4O5S. The van der Waals surface area contributed by atoms with Crippen molar-refractivity contribution in [1.82, 2.24) is 14.1 Å². The molecule has 3 rings (SSSR count). The third-order valence-electron chi connectivity index (χ3n) is 4.46. The Balaban J connectivity index is 1.66. The summed E-state index contributed by atoms with van der Waals surface area (Å²) in [7, 11) is -3.73. The fraction of sp³-hybridized carbons (Fsp3) is 0.667. The topological polar surface area (TPSA) is 109 Å². The van der Waals surface area contributed by atoms with Gasteiger partial charge in [0.1, 0.15) is 0 Å². The summed E-state index contributed by atoms with van der Waals surface area (Å²) in [6, 6.07) is 2.78. The molecule has 140 valence electrons. The maximum absolute atomic E-state index is 12.5. The molecule has 0 unspecified atom stereocenters. The van der Waals surface area contributed by atoms with Crippen molar-refractivity contribution in [2.24, 2.45) is 5.73 Å². The Labute approximate surface area is 147 Å². The summed E-state index contributed by atoms with van der Waals surface area (Å²) in [5, 5.41) is -0.195. The van der Waals surface area contributed by atoms with Crippen LogP contribution in [-0.2, 0) is 14.8 Å². The number of carbonyl (C=O) groups is 1. The Bertz CT molecular complexity index is 691. The van der Waals surface area contributed by atoms with Crippen molar-refractivity contribution in [3.63, 3.8) is 0 Å². The van der Waals surface area contributed by atoms with Crippen LogP contribution in [-0.4, -0.2) is 94.0 Å². The molecule has 2 aliphatic heterocycles. The molecule has 0 aromatic carbocycles. The Kier molecular flexibility index (Phi) is 5.74. The van der Waals surface area contributed by atoms with Gasteiger partial charge in [0.05, 0.1) is 13.2 Å². The molecule has 0 spiro atoms. The average Bonchev–Trinajstić information content (AvgIpc) is 3.14. The molecule has 2 N–H and O–H groups in total. The highest BCUT2D eigenvalue weighted by atomic mass is 32.2. The number of piperazine rings is 1. The highest BCUT2D eigenvalue weighted by molar-refractivity contribution is 7.89. The quantitative estimate of drug-likeness (QED) is 0.707. The van der Waals surface area contributed by atoms with E-state index >= 15 is 0 Å². The number of amides is 1. The van der Waals surface area contributed by atoms with Crippen LogP contribution in [0, 0.1) is 0 Å². The Morgan fingerprint density at radius 3 is 2.40 bits per heavy atom. The Morgan fingerprint density at radius 2 is 1.76 bits per heavy atom. The molecule has 3 heterocycles. The number of ether oxygens (including phenoxy) is 1. The second-order valence-electron chi connectivity index (χ2n) is 6.06. The van der Waals surface area contributed by atoms with Crippen molar-refractivity contribution in [1.29, 1.82) is 0 Å². The second-order valence-corrected chi connectivity index (χ2v) is 7.93. The van der Waals surface area contributed by atoms with Crippen LogP contribution >= 0.6 is 0 Å². The minimum atomic E-state index is -3.73. The van der Waals surface area contributed by atoms with Gasteiger partial charge in [-0.1, -0.05) is 0 Å². The molecule has 0 radical (unpaired) electrons. The van der Waals surface area contributed by atoms with Gasteiger partial charge in [-0.15, -0.1) is 0 Å². The highest BCUT2D eigenvalue weighted by Gasteiger charge is 2.31. The molecular weight excluding hydrogens is 348 g/mol. The summed E-state index contributed by atoms with van der Waals surface area (Å²) in [5.41, 5.74) is 5.54. The number of nitrogens with zero attached hydrogens (tertiary/aromatic N) is 3. The van der Waals surface area contributed by atoms with E-state index in [0.29, 0.717) is 32.8 Å². The van der Waals surface area contributed by atoms with Gasteiger partial charge >= 0.3 is 0 Å². The first-order valence-corrected chi connectivity index (χ1v) is 9.86. The maximum Gasteiger partial charge on any atom is 0.289 e. The largest absolute Gasteiger partial charge is 0.438 e. The van der Waals surface area contributed by atoms with E-state index in [4.69, 9.17) is 14.9 Å². The van der Waals surface area contributed by atoms with E-state index in [1.165, 1.54) is 16.4 Å². The Hall–Kier alpha value is -1.46. The third-order valence-corrected chi connectivity index (χ3v) is 6.23. The fourth-order valence-corrected chi connectivity index (χ4v) is 4.32. The number of morpholine rings is 1. The van der Waals surface area contributed by atoms with Gasteiger partial charge < -0.3 is 19.8 Å². The van der Waals surface area contributed by atoms with Crippen LogP contribution in [0.4, 0.5) is 0 Å². The molecule has 1 aromatic heterocycles. The number of carbonyl (C=O) groups excluding carboxylic acids is 1. The van der Waals surface area contributed by atoms with Crippen LogP contribution in [0.2, 0.25) is 0 Å². The minimum Gasteiger partial charge on any atom is -0.438 e. The molecule has 2 fully saturated rings. The molecule has 25 heavy (non-hydrogen) atoms.